The van der Waals surface area contributed by atoms with E-state index in [0.29, 0.717) is 6.54 Å². The molecule has 1 aromatic carbocycles. The van der Waals surface area contributed by atoms with Gasteiger partial charge in [-0.2, -0.15) is 5.10 Å². The molecule has 6 nitrogen and oxygen atoms in total. The van der Waals surface area contributed by atoms with Crippen LogP contribution in [0.3, 0.4) is 0 Å². The lowest BCUT2D eigenvalue weighted by atomic mass is 10.2. The molecule has 1 atom stereocenters. The number of non-ortho nitro benzene ring substituents is 1. The molecule has 94 valence electrons. The predicted molar refractivity (Wildman–Crippen MR) is 66.9 cm³/mol. The first kappa shape index (κ1) is 12.3. The Bertz CT molecular complexity index is 507. The molecule has 2 aromatic rings. The number of nitrogens with one attached hydrogen (secondary N) is 2. The SMILES string of the molecule is CC(NCc1ccc([N+](=O)[O-])cc1)c1ccn[nH]1. The van der Waals surface area contributed by atoms with E-state index in [-0.39, 0.29) is 11.7 Å². The Kier molecular flexibility index (Phi) is 3.69. The highest BCUT2D eigenvalue weighted by Gasteiger charge is 2.07. The molecule has 0 amide bonds. The van der Waals surface area contributed by atoms with Crippen LogP contribution in [0.4, 0.5) is 5.69 Å². The Hall–Kier alpha value is -2.21. The summed E-state index contributed by atoms with van der Waals surface area (Å²) in [5, 5.41) is 20.6. The number of aromatic amines is 1. The van der Waals surface area contributed by atoms with Crippen molar-refractivity contribution in [1.29, 1.82) is 0 Å². The fraction of sp³-hybridized carbons (Fsp3) is 0.250. The van der Waals surface area contributed by atoms with Gasteiger partial charge in [0.25, 0.3) is 5.69 Å². The molecule has 0 saturated carbocycles. The molecule has 6 heteroatoms. The van der Waals surface area contributed by atoms with E-state index in [4.69, 9.17) is 0 Å². The van der Waals surface area contributed by atoms with Crippen LogP contribution in [0.25, 0.3) is 0 Å². The second-order valence-electron chi connectivity index (χ2n) is 4.04. The number of hydrogen-bond donors (Lipinski definition) is 2. The summed E-state index contributed by atoms with van der Waals surface area (Å²) in [5.74, 6) is 0. The number of hydrogen-bond acceptors (Lipinski definition) is 4. The third-order valence-electron chi connectivity index (χ3n) is 2.75. The maximum atomic E-state index is 10.5. The lowest BCUT2D eigenvalue weighted by Crippen LogP contribution is -2.18. The molecule has 0 bridgehead atoms. The third-order valence-corrected chi connectivity index (χ3v) is 2.75. The van der Waals surface area contributed by atoms with Gasteiger partial charge in [0.1, 0.15) is 0 Å². The average molecular weight is 246 g/mol. The Labute approximate surface area is 104 Å². The number of aromatic nitrogens is 2. The summed E-state index contributed by atoms with van der Waals surface area (Å²) < 4.78 is 0. The monoisotopic (exact) mass is 246 g/mol. The highest BCUT2D eigenvalue weighted by Crippen LogP contribution is 2.13. The molecule has 0 aliphatic carbocycles. The van der Waals surface area contributed by atoms with Gasteiger partial charge in [-0.3, -0.25) is 15.2 Å². The van der Waals surface area contributed by atoms with Gasteiger partial charge in [-0.15, -0.1) is 0 Å². The zero-order chi connectivity index (χ0) is 13.0. The fourth-order valence-corrected chi connectivity index (χ4v) is 1.62. The molecule has 0 spiro atoms. The summed E-state index contributed by atoms with van der Waals surface area (Å²) >= 11 is 0. The zero-order valence-corrected chi connectivity index (χ0v) is 9.96. The highest BCUT2D eigenvalue weighted by molar-refractivity contribution is 5.32. The molecule has 0 saturated heterocycles. The summed E-state index contributed by atoms with van der Waals surface area (Å²) in [6.45, 7) is 2.68. The summed E-state index contributed by atoms with van der Waals surface area (Å²) in [4.78, 5) is 10.1. The van der Waals surface area contributed by atoms with Crippen LogP contribution in [0, 0.1) is 10.1 Å². The summed E-state index contributed by atoms with van der Waals surface area (Å²) in [6.07, 6.45) is 1.71. The molecule has 0 fully saturated rings. The topological polar surface area (TPSA) is 83.8 Å². The summed E-state index contributed by atoms with van der Waals surface area (Å²) in [7, 11) is 0. The molecule has 1 heterocycles. The Morgan fingerprint density at radius 2 is 2.11 bits per heavy atom. The van der Waals surface area contributed by atoms with Crippen molar-refractivity contribution in [2.45, 2.75) is 19.5 Å². The van der Waals surface area contributed by atoms with Crippen LogP contribution < -0.4 is 5.32 Å². The van der Waals surface area contributed by atoms with E-state index in [1.807, 2.05) is 13.0 Å². The lowest BCUT2D eigenvalue weighted by Gasteiger charge is -2.11. The molecule has 18 heavy (non-hydrogen) atoms. The van der Waals surface area contributed by atoms with Gasteiger partial charge in [0.05, 0.1) is 10.6 Å². The Morgan fingerprint density at radius 3 is 2.67 bits per heavy atom. The number of nitro groups is 1. The number of rotatable bonds is 5. The van der Waals surface area contributed by atoms with Crippen LogP contribution >= 0.6 is 0 Å². The molecule has 0 aliphatic heterocycles. The lowest BCUT2D eigenvalue weighted by molar-refractivity contribution is -0.384. The van der Waals surface area contributed by atoms with E-state index in [1.54, 1.807) is 18.3 Å². The minimum atomic E-state index is -0.398. The van der Waals surface area contributed by atoms with Gasteiger partial charge in [-0.1, -0.05) is 12.1 Å². The summed E-state index contributed by atoms with van der Waals surface area (Å²) in [5.41, 5.74) is 2.13. The van der Waals surface area contributed by atoms with Gasteiger partial charge in [-0.25, -0.2) is 0 Å². The zero-order valence-electron chi connectivity index (χ0n) is 9.96. The Balaban J connectivity index is 1.92. The molecule has 2 rings (SSSR count). The largest absolute Gasteiger partial charge is 0.305 e. The van der Waals surface area contributed by atoms with Crippen LogP contribution in [0.2, 0.25) is 0 Å². The standard InChI is InChI=1S/C12H14N4O2/c1-9(12-6-7-14-15-12)13-8-10-2-4-11(5-3-10)16(17)18/h2-7,9,13H,8H2,1H3,(H,14,15). The second-order valence-corrected chi connectivity index (χ2v) is 4.04. The van der Waals surface area contributed by atoms with Gasteiger partial charge in [0.2, 0.25) is 0 Å². The number of nitrogens with zero attached hydrogens (tertiary/aromatic N) is 2. The van der Waals surface area contributed by atoms with Crippen LogP contribution in [0.5, 0.6) is 0 Å². The van der Waals surface area contributed by atoms with E-state index in [2.05, 4.69) is 15.5 Å². The maximum Gasteiger partial charge on any atom is 0.269 e. The smallest absolute Gasteiger partial charge is 0.269 e. The average Bonchev–Trinajstić information content (AvgIpc) is 2.90. The molecule has 2 N–H and O–H groups in total. The van der Waals surface area contributed by atoms with Gasteiger partial charge >= 0.3 is 0 Å². The van der Waals surface area contributed by atoms with Crippen molar-refractivity contribution in [2.24, 2.45) is 0 Å². The van der Waals surface area contributed by atoms with Gasteiger partial charge < -0.3 is 5.32 Å². The molecule has 0 aliphatic rings. The minimum absolute atomic E-state index is 0.111. The van der Waals surface area contributed by atoms with E-state index >= 15 is 0 Å². The van der Waals surface area contributed by atoms with E-state index < -0.39 is 4.92 Å². The van der Waals surface area contributed by atoms with Crippen LogP contribution in [-0.2, 0) is 6.54 Å². The van der Waals surface area contributed by atoms with Crippen molar-refractivity contribution in [3.05, 3.63) is 57.9 Å². The minimum Gasteiger partial charge on any atom is -0.305 e. The van der Waals surface area contributed by atoms with E-state index in [0.717, 1.165) is 11.3 Å². The van der Waals surface area contributed by atoms with Crippen molar-refractivity contribution in [2.75, 3.05) is 0 Å². The number of nitro benzene ring substituents is 1. The van der Waals surface area contributed by atoms with E-state index in [1.165, 1.54) is 12.1 Å². The molecular formula is C12H14N4O2. The molecular weight excluding hydrogens is 232 g/mol. The number of H-pyrrole nitrogens is 1. The van der Waals surface area contributed by atoms with Crippen LogP contribution in [-0.4, -0.2) is 15.1 Å². The van der Waals surface area contributed by atoms with Crippen LogP contribution in [0.1, 0.15) is 24.2 Å². The van der Waals surface area contributed by atoms with Crippen molar-refractivity contribution in [3.8, 4) is 0 Å². The van der Waals surface area contributed by atoms with Gasteiger partial charge in [0.15, 0.2) is 0 Å². The molecule has 0 radical (unpaired) electrons. The fourth-order valence-electron chi connectivity index (χ4n) is 1.62. The third kappa shape index (κ3) is 2.92. The Morgan fingerprint density at radius 1 is 1.39 bits per heavy atom. The quantitative estimate of drug-likeness (QED) is 0.625. The highest BCUT2D eigenvalue weighted by atomic mass is 16.6. The van der Waals surface area contributed by atoms with Crippen molar-refractivity contribution >= 4 is 5.69 Å². The van der Waals surface area contributed by atoms with Gasteiger partial charge in [0, 0.05) is 30.9 Å². The first-order valence-corrected chi connectivity index (χ1v) is 5.63. The molecule has 1 aromatic heterocycles. The first-order valence-electron chi connectivity index (χ1n) is 5.63. The molecule has 1 unspecified atom stereocenters. The van der Waals surface area contributed by atoms with Crippen molar-refractivity contribution in [1.82, 2.24) is 15.5 Å². The van der Waals surface area contributed by atoms with Crippen molar-refractivity contribution in [3.63, 3.8) is 0 Å². The summed E-state index contributed by atoms with van der Waals surface area (Å²) in [6, 6.07) is 8.60. The first-order chi connectivity index (χ1) is 8.66. The van der Waals surface area contributed by atoms with Gasteiger partial charge in [-0.05, 0) is 18.6 Å². The second kappa shape index (κ2) is 5.42. The van der Waals surface area contributed by atoms with Crippen LogP contribution in [0.15, 0.2) is 36.5 Å². The maximum absolute atomic E-state index is 10.5. The number of benzene rings is 1. The normalized spacial score (nSPS) is 12.3. The van der Waals surface area contributed by atoms with Crippen molar-refractivity contribution < 1.29 is 4.92 Å². The predicted octanol–water partition coefficient (Wildman–Crippen LogP) is 2.17. The van der Waals surface area contributed by atoms with E-state index in [9.17, 15) is 10.1 Å².